The Bertz CT molecular complexity index is 598. The minimum absolute atomic E-state index is 0.0694. The van der Waals surface area contributed by atoms with E-state index in [-0.39, 0.29) is 5.56 Å². The number of rotatable bonds is 2. The van der Waals surface area contributed by atoms with Crippen LogP contribution in [0.4, 0.5) is 8.78 Å². The molecule has 0 fully saturated rings. The van der Waals surface area contributed by atoms with Gasteiger partial charge < -0.3 is 5.11 Å². The van der Waals surface area contributed by atoms with Gasteiger partial charge in [0, 0.05) is 17.2 Å². The van der Waals surface area contributed by atoms with Gasteiger partial charge in [-0.2, -0.15) is 0 Å². The second kappa shape index (κ2) is 5.36. The van der Waals surface area contributed by atoms with Crippen LogP contribution in [-0.2, 0) is 0 Å². The number of hydrogen-bond acceptors (Lipinski definition) is 2. The van der Waals surface area contributed by atoms with Crippen LogP contribution in [0.3, 0.4) is 0 Å². The third kappa shape index (κ3) is 2.66. The van der Waals surface area contributed by atoms with E-state index >= 15 is 0 Å². The van der Waals surface area contributed by atoms with Crippen molar-refractivity contribution in [3.8, 4) is 0 Å². The molecule has 0 amide bonds. The molecule has 0 saturated heterocycles. The van der Waals surface area contributed by atoms with Crippen LogP contribution in [0.25, 0.3) is 0 Å². The number of aliphatic hydroxyl groups is 1. The van der Waals surface area contributed by atoms with E-state index in [1.165, 1.54) is 24.3 Å². The van der Waals surface area contributed by atoms with Crippen molar-refractivity contribution in [3.63, 3.8) is 0 Å². The molecular weight excluding hydrogens is 390 g/mol. The van der Waals surface area contributed by atoms with E-state index in [1.807, 2.05) is 0 Å². The summed E-state index contributed by atoms with van der Waals surface area (Å²) in [6.07, 6.45) is -1.12. The van der Waals surface area contributed by atoms with Crippen molar-refractivity contribution in [1.82, 2.24) is 0 Å². The first-order chi connectivity index (χ1) is 8.40. The fourth-order valence-corrected chi connectivity index (χ4v) is 4.48. The minimum Gasteiger partial charge on any atom is -0.383 e. The first kappa shape index (κ1) is 14.1. The quantitative estimate of drug-likeness (QED) is 0.760. The van der Waals surface area contributed by atoms with Crippen molar-refractivity contribution in [1.29, 1.82) is 0 Å². The Hall–Kier alpha value is -0.300. The van der Waals surface area contributed by atoms with Crippen molar-refractivity contribution >= 4 is 43.2 Å². The molecule has 1 heterocycles. The molecule has 18 heavy (non-hydrogen) atoms. The second-order valence-corrected chi connectivity index (χ2v) is 7.55. The summed E-state index contributed by atoms with van der Waals surface area (Å²) < 4.78 is 28.4. The number of benzene rings is 1. The molecule has 0 saturated carbocycles. The molecule has 2 rings (SSSR count). The van der Waals surface area contributed by atoms with Gasteiger partial charge in [-0.25, -0.2) is 8.78 Å². The Morgan fingerprint density at radius 2 is 1.78 bits per heavy atom. The summed E-state index contributed by atoms with van der Waals surface area (Å²) in [5, 5.41) is 10.2. The van der Waals surface area contributed by atoms with Crippen molar-refractivity contribution in [3.05, 3.63) is 54.1 Å². The summed E-state index contributed by atoms with van der Waals surface area (Å²) in [5.41, 5.74) is 0.924. The van der Waals surface area contributed by atoms with Crippen LogP contribution in [0.1, 0.15) is 22.8 Å². The number of aliphatic hydroxyl groups excluding tert-OH is 1. The van der Waals surface area contributed by atoms with E-state index in [2.05, 4.69) is 31.9 Å². The van der Waals surface area contributed by atoms with Crippen LogP contribution in [0.2, 0.25) is 0 Å². The van der Waals surface area contributed by atoms with Crippen molar-refractivity contribution in [2.75, 3.05) is 0 Å². The van der Waals surface area contributed by atoms with Gasteiger partial charge in [-0.15, -0.1) is 11.3 Å². The Morgan fingerprint density at radius 1 is 1.11 bits per heavy atom. The molecule has 0 radical (unpaired) electrons. The molecule has 0 aliphatic carbocycles. The lowest BCUT2D eigenvalue weighted by atomic mass is 10.0. The lowest BCUT2D eigenvalue weighted by Gasteiger charge is -2.12. The van der Waals surface area contributed by atoms with Gasteiger partial charge >= 0.3 is 0 Å². The van der Waals surface area contributed by atoms with Gasteiger partial charge in [0.1, 0.15) is 17.7 Å². The maximum atomic E-state index is 13.7. The van der Waals surface area contributed by atoms with E-state index in [0.717, 1.165) is 9.85 Å². The zero-order valence-corrected chi connectivity index (χ0v) is 13.2. The van der Waals surface area contributed by atoms with Gasteiger partial charge in [-0.1, -0.05) is 0 Å². The third-order valence-electron chi connectivity index (χ3n) is 2.55. The molecule has 1 aromatic heterocycles. The number of aryl methyl sites for hydroxylation is 1. The summed E-state index contributed by atoms with van der Waals surface area (Å²) in [5.74, 6) is -1.37. The van der Waals surface area contributed by atoms with Crippen LogP contribution in [0.15, 0.2) is 25.8 Å². The average Bonchev–Trinajstić information content (AvgIpc) is 2.62. The van der Waals surface area contributed by atoms with E-state index in [4.69, 9.17) is 0 Å². The monoisotopic (exact) mass is 396 g/mol. The first-order valence-corrected chi connectivity index (χ1v) is 7.38. The predicted octanol–water partition coefficient (Wildman–Crippen LogP) is 4.94. The van der Waals surface area contributed by atoms with Gasteiger partial charge in [0.05, 0.1) is 7.57 Å². The molecule has 1 N–H and O–H groups in total. The smallest absolute Gasteiger partial charge is 0.132 e. The number of hydrogen-bond donors (Lipinski definition) is 1. The van der Waals surface area contributed by atoms with Crippen molar-refractivity contribution in [2.24, 2.45) is 0 Å². The SMILES string of the molecule is Cc1cc(C(O)c2cc(Br)sc2Br)c(F)cc1F. The highest BCUT2D eigenvalue weighted by atomic mass is 79.9. The van der Waals surface area contributed by atoms with Crippen LogP contribution in [0, 0.1) is 18.6 Å². The molecule has 0 aliphatic heterocycles. The van der Waals surface area contributed by atoms with Crippen LogP contribution >= 0.6 is 43.2 Å². The molecule has 1 atom stereocenters. The first-order valence-electron chi connectivity index (χ1n) is 4.98. The largest absolute Gasteiger partial charge is 0.383 e. The molecule has 6 heteroatoms. The van der Waals surface area contributed by atoms with Gasteiger partial charge in [0.15, 0.2) is 0 Å². The Labute approximate surface area is 124 Å². The minimum atomic E-state index is -1.12. The zero-order valence-electron chi connectivity index (χ0n) is 9.18. The summed E-state index contributed by atoms with van der Waals surface area (Å²) in [4.78, 5) is 0. The summed E-state index contributed by atoms with van der Waals surface area (Å²) in [6, 6.07) is 3.83. The van der Waals surface area contributed by atoms with Crippen LogP contribution in [-0.4, -0.2) is 5.11 Å². The highest BCUT2D eigenvalue weighted by Gasteiger charge is 2.21. The Balaban J connectivity index is 2.49. The summed E-state index contributed by atoms with van der Waals surface area (Å²) in [6.45, 7) is 1.53. The maximum absolute atomic E-state index is 13.7. The fourth-order valence-electron chi connectivity index (χ4n) is 1.60. The molecule has 0 spiro atoms. The Kier molecular flexibility index (Phi) is 4.21. The zero-order chi connectivity index (χ0) is 13.4. The predicted molar refractivity (Wildman–Crippen MR) is 74.9 cm³/mol. The topological polar surface area (TPSA) is 20.2 Å². The highest BCUT2D eigenvalue weighted by molar-refractivity contribution is 9.12. The van der Waals surface area contributed by atoms with Gasteiger partial charge in [0.2, 0.25) is 0 Å². The van der Waals surface area contributed by atoms with E-state index in [9.17, 15) is 13.9 Å². The fraction of sp³-hybridized carbons (Fsp3) is 0.167. The number of thiophene rings is 1. The van der Waals surface area contributed by atoms with E-state index < -0.39 is 17.7 Å². The molecule has 1 nitrogen and oxygen atoms in total. The molecule has 1 unspecified atom stereocenters. The van der Waals surface area contributed by atoms with Gasteiger partial charge in [0.25, 0.3) is 0 Å². The van der Waals surface area contributed by atoms with Crippen LogP contribution < -0.4 is 0 Å². The standard InChI is InChI=1S/C12H8Br2F2OS/c1-5-2-6(9(16)4-8(5)15)11(17)7-3-10(13)18-12(7)14/h2-4,11,17H,1H3. The Morgan fingerprint density at radius 3 is 2.33 bits per heavy atom. The third-order valence-corrected chi connectivity index (χ3v) is 4.94. The van der Waals surface area contributed by atoms with Crippen molar-refractivity contribution in [2.45, 2.75) is 13.0 Å². The molecule has 96 valence electrons. The summed E-state index contributed by atoms with van der Waals surface area (Å²) in [7, 11) is 0. The normalized spacial score (nSPS) is 12.8. The number of halogens is 4. The highest BCUT2D eigenvalue weighted by Crippen LogP contribution is 2.38. The lowest BCUT2D eigenvalue weighted by molar-refractivity contribution is 0.214. The van der Waals surface area contributed by atoms with Gasteiger partial charge in [-0.3, -0.25) is 0 Å². The molecule has 1 aromatic carbocycles. The van der Waals surface area contributed by atoms with Crippen molar-refractivity contribution < 1.29 is 13.9 Å². The second-order valence-electron chi connectivity index (χ2n) is 3.80. The maximum Gasteiger partial charge on any atom is 0.132 e. The molecule has 2 aromatic rings. The average molecular weight is 398 g/mol. The lowest BCUT2D eigenvalue weighted by Crippen LogP contribution is -2.03. The molecule has 0 bridgehead atoms. The summed E-state index contributed by atoms with van der Waals surface area (Å²) >= 11 is 7.98. The van der Waals surface area contributed by atoms with E-state index in [1.54, 1.807) is 6.07 Å². The van der Waals surface area contributed by atoms with Crippen LogP contribution in [0.5, 0.6) is 0 Å². The van der Waals surface area contributed by atoms with Gasteiger partial charge in [-0.05, 0) is 56.5 Å². The molecular formula is C12H8Br2F2OS. The van der Waals surface area contributed by atoms with E-state index in [0.29, 0.717) is 14.9 Å². The molecule has 0 aliphatic rings.